The molecule has 6 aromatic rings. The number of nitrogens with zero attached hydrogens (tertiary/aromatic N) is 3. The summed E-state index contributed by atoms with van der Waals surface area (Å²) in [4.78, 5) is 7.93. The summed E-state index contributed by atoms with van der Waals surface area (Å²) in [5.74, 6) is 0.659. The van der Waals surface area contributed by atoms with Crippen LogP contribution >= 0.6 is 11.8 Å². The van der Waals surface area contributed by atoms with Crippen LogP contribution in [0.5, 0.6) is 0 Å². The number of hydrogen-bond donors (Lipinski definition) is 0. The molecule has 0 fully saturated rings. The molecule has 0 spiro atoms. The smallest absolute Gasteiger partial charge is 0.227 e. The average molecular weight is 594 g/mol. The lowest BCUT2D eigenvalue weighted by atomic mass is 10.1. The minimum Gasteiger partial charge on any atom is -0.744 e. The van der Waals surface area contributed by atoms with E-state index >= 15 is 0 Å². The quantitative estimate of drug-likeness (QED) is 0.163. The molecule has 0 N–H and O–H groups in total. The average Bonchev–Trinajstić information content (AvgIpc) is 3.55. The standard InChI is InChI=1S/C26H20N3OS.C7H8O3S/c1-28-14-13-17(19-7-3-5-9-21(19)28)16-25-29(2)22-12-11-18(15-24(22)31-25)26-27-20-8-4-6-10-23(20)30-26;1-6-2-4-7(5-3-6)11(8,9)10/h3-16H,1-2H3;2-5H,1H3,(H,8,9,10)/q+1;/p-1. The third kappa shape index (κ3) is 5.54. The fourth-order valence-corrected chi connectivity index (χ4v) is 6.39. The van der Waals surface area contributed by atoms with Crippen molar-refractivity contribution >= 4 is 55.6 Å². The molecule has 9 heteroatoms. The maximum atomic E-state index is 10.4. The zero-order valence-electron chi connectivity index (χ0n) is 23.2. The van der Waals surface area contributed by atoms with Crippen molar-refractivity contribution in [3.63, 3.8) is 0 Å². The Hall–Kier alpha value is -4.44. The van der Waals surface area contributed by atoms with E-state index in [4.69, 9.17) is 4.42 Å². The van der Waals surface area contributed by atoms with E-state index in [2.05, 4.69) is 89.4 Å². The maximum Gasteiger partial charge on any atom is 0.227 e. The van der Waals surface area contributed by atoms with E-state index < -0.39 is 10.1 Å². The zero-order valence-corrected chi connectivity index (χ0v) is 24.8. The number of hydrogen-bond acceptors (Lipinski definition) is 7. The van der Waals surface area contributed by atoms with Gasteiger partial charge in [-0.05, 0) is 67.1 Å². The molecule has 0 bridgehead atoms. The molecule has 0 amide bonds. The van der Waals surface area contributed by atoms with E-state index in [0.717, 1.165) is 22.2 Å². The number of thioether (sulfide) groups is 1. The van der Waals surface area contributed by atoms with Crippen molar-refractivity contribution in [1.82, 2.24) is 4.98 Å². The van der Waals surface area contributed by atoms with Gasteiger partial charge >= 0.3 is 0 Å². The number of para-hydroxylation sites is 3. The van der Waals surface area contributed by atoms with Crippen molar-refractivity contribution in [2.24, 2.45) is 7.05 Å². The lowest BCUT2D eigenvalue weighted by Gasteiger charge is -2.13. The summed E-state index contributed by atoms with van der Waals surface area (Å²) < 4.78 is 39.3. The van der Waals surface area contributed by atoms with Gasteiger partial charge in [-0.2, -0.15) is 0 Å². The largest absolute Gasteiger partial charge is 0.744 e. The Bertz CT molecular complexity index is 2050. The van der Waals surface area contributed by atoms with Crippen LogP contribution in [-0.4, -0.2) is 25.0 Å². The molecule has 0 atom stereocenters. The first-order chi connectivity index (χ1) is 20.2. The molecule has 0 radical (unpaired) electrons. The van der Waals surface area contributed by atoms with Crippen LogP contribution in [0.1, 0.15) is 11.1 Å². The molecular formula is C33H27N3O4S2. The van der Waals surface area contributed by atoms with E-state index in [1.807, 2.05) is 31.2 Å². The number of pyridine rings is 1. The summed E-state index contributed by atoms with van der Waals surface area (Å²) in [7, 11) is -0.0671. The first-order valence-electron chi connectivity index (χ1n) is 13.2. The number of aryl methyl sites for hydroxylation is 2. The van der Waals surface area contributed by atoms with Crippen LogP contribution in [0.2, 0.25) is 0 Å². The molecule has 0 saturated heterocycles. The van der Waals surface area contributed by atoms with Crippen molar-refractivity contribution in [3.8, 4) is 11.5 Å². The first kappa shape index (κ1) is 27.7. The van der Waals surface area contributed by atoms with Crippen molar-refractivity contribution in [2.75, 3.05) is 11.9 Å². The van der Waals surface area contributed by atoms with Crippen molar-refractivity contribution in [1.29, 1.82) is 0 Å². The molecule has 1 aliphatic heterocycles. The predicted molar refractivity (Wildman–Crippen MR) is 166 cm³/mol. The third-order valence-electron chi connectivity index (χ3n) is 7.07. The highest BCUT2D eigenvalue weighted by Gasteiger charge is 2.24. The van der Waals surface area contributed by atoms with Gasteiger partial charge in [0.2, 0.25) is 11.4 Å². The first-order valence-corrected chi connectivity index (χ1v) is 15.4. The highest BCUT2D eigenvalue weighted by molar-refractivity contribution is 8.03. The van der Waals surface area contributed by atoms with Crippen LogP contribution in [0.15, 0.2) is 122 Å². The highest BCUT2D eigenvalue weighted by Crippen LogP contribution is 2.47. The van der Waals surface area contributed by atoms with E-state index in [1.165, 1.54) is 44.2 Å². The van der Waals surface area contributed by atoms with Crippen molar-refractivity contribution in [2.45, 2.75) is 16.7 Å². The second-order valence-corrected chi connectivity index (χ2v) is 12.4. The van der Waals surface area contributed by atoms with E-state index in [1.54, 1.807) is 23.9 Å². The minimum absolute atomic E-state index is 0.178. The second-order valence-electron chi connectivity index (χ2n) is 9.98. The summed E-state index contributed by atoms with van der Waals surface area (Å²) in [5.41, 5.74) is 7.25. The molecule has 42 heavy (non-hydrogen) atoms. The van der Waals surface area contributed by atoms with Crippen LogP contribution in [0.25, 0.3) is 39.5 Å². The fourth-order valence-electron chi connectivity index (χ4n) is 4.78. The lowest BCUT2D eigenvalue weighted by molar-refractivity contribution is -0.644. The normalized spacial score (nSPS) is 13.8. The molecule has 2 aromatic heterocycles. The highest BCUT2D eigenvalue weighted by atomic mass is 32.2. The van der Waals surface area contributed by atoms with Gasteiger partial charge in [-0.1, -0.05) is 53.7 Å². The molecular weight excluding hydrogens is 567 g/mol. The Balaban J connectivity index is 0.000000244. The number of rotatable bonds is 3. The van der Waals surface area contributed by atoms with Crippen LogP contribution in [0, 0.1) is 6.92 Å². The summed E-state index contributed by atoms with van der Waals surface area (Å²) >= 11 is 1.78. The number of anilines is 1. The number of oxazole rings is 1. The van der Waals surface area contributed by atoms with Gasteiger partial charge in [-0.15, -0.1) is 0 Å². The second kappa shape index (κ2) is 11.1. The topological polar surface area (TPSA) is 90.4 Å². The van der Waals surface area contributed by atoms with E-state index in [9.17, 15) is 13.0 Å². The molecule has 0 unspecified atom stereocenters. The van der Waals surface area contributed by atoms with Gasteiger partial charge in [-0.3, -0.25) is 0 Å². The number of fused-ring (bicyclic) bond motifs is 3. The predicted octanol–water partition coefficient (Wildman–Crippen LogP) is 6.91. The van der Waals surface area contributed by atoms with Crippen LogP contribution in [0.3, 0.4) is 0 Å². The van der Waals surface area contributed by atoms with Gasteiger partial charge in [0, 0.05) is 29.6 Å². The summed E-state index contributed by atoms with van der Waals surface area (Å²) in [6.07, 6.45) is 4.39. The molecule has 210 valence electrons. The van der Waals surface area contributed by atoms with Crippen LogP contribution in [-0.2, 0) is 17.2 Å². The summed E-state index contributed by atoms with van der Waals surface area (Å²) in [5, 5.41) is 2.45. The Morgan fingerprint density at radius 1 is 0.952 bits per heavy atom. The zero-order chi connectivity index (χ0) is 29.4. The Morgan fingerprint density at radius 2 is 1.69 bits per heavy atom. The fraction of sp³-hybridized carbons (Fsp3) is 0.0909. The van der Waals surface area contributed by atoms with Gasteiger partial charge in [0.25, 0.3) is 0 Å². The van der Waals surface area contributed by atoms with Gasteiger partial charge in [0.05, 0.1) is 21.0 Å². The third-order valence-corrected chi connectivity index (χ3v) is 9.07. The minimum atomic E-state index is -4.27. The van der Waals surface area contributed by atoms with Gasteiger partial charge in [0.15, 0.2) is 11.8 Å². The molecule has 7 nitrogen and oxygen atoms in total. The molecule has 4 aromatic carbocycles. The lowest BCUT2D eigenvalue weighted by Crippen LogP contribution is -2.28. The van der Waals surface area contributed by atoms with Crippen LogP contribution in [0.4, 0.5) is 5.69 Å². The van der Waals surface area contributed by atoms with Crippen molar-refractivity contribution < 1.29 is 22.0 Å². The van der Waals surface area contributed by atoms with E-state index in [0.29, 0.717) is 5.89 Å². The number of benzene rings is 4. The molecule has 0 aliphatic carbocycles. The van der Waals surface area contributed by atoms with Gasteiger partial charge in [-0.25, -0.2) is 18.0 Å². The molecule has 1 aliphatic rings. The molecule has 7 rings (SSSR count). The Kier molecular flexibility index (Phi) is 7.32. The van der Waals surface area contributed by atoms with Crippen LogP contribution < -0.4 is 9.47 Å². The van der Waals surface area contributed by atoms with Crippen molar-refractivity contribution in [3.05, 3.63) is 119 Å². The van der Waals surface area contributed by atoms with Gasteiger partial charge in [0.1, 0.15) is 22.7 Å². The van der Waals surface area contributed by atoms with Gasteiger partial charge < -0.3 is 13.9 Å². The molecule has 3 heterocycles. The summed E-state index contributed by atoms with van der Waals surface area (Å²) in [6.45, 7) is 1.82. The Labute approximate surface area is 248 Å². The Morgan fingerprint density at radius 3 is 2.45 bits per heavy atom. The maximum absolute atomic E-state index is 10.4. The van der Waals surface area contributed by atoms with E-state index in [-0.39, 0.29) is 4.90 Å². The SMILES string of the molecule is CN1/C(=C/c2cc[n+](C)c3ccccc23)Sc2cc(-c3nc4ccccc4o3)ccc21.Cc1ccc(S(=O)(=O)[O-])cc1. The molecule has 0 saturated carbocycles. The monoisotopic (exact) mass is 593 g/mol. The number of aromatic nitrogens is 2. The summed E-state index contributed by atoms with van der Waals surface area (Å²) in [6, 6.07) is 30.8.